The molecule has 0 saturated carbocycles. The summed E-state index contributed by atoms with van der Waals surface area (Å²) in [5.74, 6) is 2.47. The van der Waals surface area contributed by atoms with Crippen molar-refractivity contribution in [1.29, 1.82) is 0 Å². The summed E-state index contributed by atoms with van der Waals surface area (Å²) >= 11 is 0. The Bertz CT molecular complexity index is 1600. The Balaban J connectivity index is 1.23. The summed E-state index contributed by atoms with van der Waals surface area (Å²) in [5.41, 5.74) is 5.26. The van der Waals surface area contributed by atoms with E-state index in [1.54, 1.807) is 12.0 Å². The fraction of sp³-hybridized carbons (Fsp3) is 0.512. The predicted molar refractivity (Wildman–Crippen MR) is 194 cm³/mol. The van der Waals surface area contributed by atoms with Gasteiger partial charge in [-0.15, -0.1) is 0 Å². The van der Waals surface area contributed by atoms with Gasteiger partial charge in [0.25, 0.3) is 0 Å². The topological polar surface area (TPSA) is 77.5 Å². The second-order valence-electron chi connectivity index (χ2n) is 15.4. The van der Waals surface area contributed by atoms with E-state index in [0.717, 1.165) is 56.7 Å². The summed E-state index contributed by atoms with van der Waals surface area (Å²) in [5, 5.41) is 0. The Hall–Kier alpha value is -4.20. The van der Waals surface area contributed by atoms with Crippen molar-refractivity contribution in [3.63, 3.8) is 0 Å². The Morgan fingerprint density at radius 1 is 0.837 bits per heavy atom. The number of nitrogens with zero attached hydrogens (tertiary/aromatic N) is 2. The Morgan fingerprint density at radius 3 is 2.14 bits per heavy atom. The average molecular weight is 671 g/mol. The molecule has 0 radical (unpaired) electrons. The van der Waals surface area contributed by atoms with Crippen molar-refractivity contribution in [2.45, 2.75) is 105 Å². The first-order valence-electron chi connectivity index (χ1n) is 17.7. The van der Waals surface area contributed by atoms with E-state index in [9.17, 15) is 9.59 Å². The molecule has 2 aliphatic rings. The quantitative estimate of drug-likeness (QED) is 0.166. The third kappa shape index (κ3) is 9.49. The first-order valence-corrected chi connectivity index (χ1v) is 17.7. The fourth-order valence-corrected chi connectivity index (χ4v) is 6.53. The molecule has 1 amide bonds. The number of esters is 1. The summed E-state index contributed by atoms with van der Waals surface area (Å²) in [6.07, 6.45) is 4.26. The number of benzene rings is 3. The number of hydrogen-bond acceptors (Lipinski definition) is 7. The number of anilines is 1. The van der Waals surface area contributed by atoms with Crippen molar-refractivity contribution in [2.24, 2.45) is 5.41 Å². The lowest BCUT2D eigenvalue weighted by Crippen LogP contribution is -2.44. The van der Waals surface area contributed by atoms with Gasteiger partial charge in [0.05, 0.1) is 12.5 Å². The SMILES string of the molecule is CCN(Cc1ccc(OC2CCN(C(=O)OC(C)(C)C)CC2)cc1)c1cc(OC)ccc1[C@@H]1CCc2cc(OC(=O)C(C)(C)C)ccc2C1. The van der Waals surface area contributed by atoms with Crippen LogP contribution < -0.4 is 19.1 Å². The lowest BCUT2D eigenvalue weighted by atomic mass is 9.79. The van der Waals surface area contributed by atoms with Crippen LogP contribution in [0.5, 0.6) is 17.2 Å². The zero-order chi connectivity index (χ0) is 35.3. The van der Waals surface area contributed by atoms with Gasteiger partial charge < -0.3 is 28.7 Å². The number of likely N-dealkylation sites (tertiary alicyclic amines) is 1. The lowest BCUT2D eigenvalue weighted by Gasteiger charge is -2.33. The fourth-order valence-electron chi connectivity index (χ4n) is 6.53. The highest BCUT2D eigenvalue weighted by Crippen LogP contribution is 2.40. The van der Waals surface area contributed by atoms with Crippen LogP contribution >= 0.6 is 0 Å². The Labute approximate surface area is 292 Å². The third-order valence-electron chi connectivity index (χ3n) is 9.32. The third-order valence-corrected chi connectivity index (χ3v) is 9.32. The number of hydrogen-bond donors (Lipinski definition) is 0. The van der Waals surface area contributed by atoms with Gasteiger partial charge in [-0.2, -0.15) is 0 Å². The largest absolute Gasteiger partial charge is 0.497 e. The second kappa shape index (κ2) is 15.1. The standard InChI is InChI=1S/C41H54N2O6/c1-9-42(27-28-10-15-32(16-11-28)47-33-20-22-43(23-21-33)39(45)49-41(5,6)7)37-26-34(46-8)18-19-36(37)31-13-12-30-25-35(17-14-29(30)24-31)48-38(44)40(2,3)4/h10-11,14-19,25-26,31,33H,9,12-13,20-24,27H2,1-8H3/t31-/m1/s1. The van der Waals surface area contributed by atoms with Crippen LogP contribution in [0.25, 0.3) is 0 Å². The molecule has 3 aromatic carbocycles. The molecule has 0 bridgehead atoms. The molecular formula is C41H54N2O6. The zero-order valence-corrected chi connectivity index (χ0v) is 30.6. The molecule has 1 atom stereocenters. The Morgan fingerprint density at radius 2 is 1.51 bits per heavy atom. The van der Waals surface area contributed by atoms with Crippen molar-refractivity contribution < 1.29 is 28.5 Å². The molecule has 264 valence electrons. The van der Waals surface area contributed by atoms with Crippen LogP contribution in [-0.4, -0.2) is 55.4 Å². The van der Waals surface area contributed by atoms with E-state index in [1.165, 1.54) is 27.9 Å². The maximum Gasteiger partial charge on any atom is 0.410 e. The number of methoxy groups -OCH3 is 1. The van der Waals surface area contributed by atoms with Gasteiger partial charge in [0, 0.05) is 50.8 Å². The van der Waals surface area contributed by atoms with Crippen molar-refractivity contribution in [1.82, 2.24) is 4.90 Å². The first-order chi connectivity index (χ1) is 23.2. The highest BCUT2D eigenvalue weighted by molar-refractivity contribution is 5.78. The normalized spacial score (nSPS) is 16.8. The number of piperidine rings is 1. The molecular weight excluding hydrogens is 616 g/mol. The van der Waals surface area contributed by atoms with Crippen LogP contribution in [0.4, 0.5) is 10.5 Å². The van der Waals surface area contributed by atoms with Crippen LogP contribution in [0.2, 0.25) is 0 Å². The van der Waals surface area contributed by atoms with Crippen LogP contribution in [0.3, 0.4) is 0 Å². The van der Waals surface area contributed by atoms with E-state index in [1.807, 2.05) is 53.7 Å². The predicted octanol–water partition coefficient (Wildman–Crippen LogP) is 8.72. The minimum Gasteiger partial charge on any atom is -0.497 e. The highest BCUT2D eigenvalue weighted by Gasteiger charge is 2.29. The van der Waals surface area contributed by atoms with Gasteiger partial charge in [-0.3, -0.25) is 4.79 Å². The van der Waals surface area contributed by atoms with E-state index < -0.39 is 11.0 Å². The molecule has 49 heavy (non-hydrogen) atoms. The van der Waals surface area contributed by atoms with Crippen molar-refractivity contribution >= 4 is 17.7 Å². The highest BCUT2D eigenvalue weighted by atomic mass is 16.6. The molecule has 8 nitrogen and oxygen atoms in total. The van der Waals surface area contributed by atoms with Gasteiger partial charge in [-0.25, -0.2) is 4.79 Å². The number of amides is 1. The summed E-state index contributed by atoms with van der Waals surface area (Å²) in [6, 6.07) is 21.0. The Kier molecular flexibility index (Phi) is 11.2. The van der Waals surface area contributed by atoms with Crippen molar-refractivity contribution in [3.8, 4) is 17.2 Å². The van der Waals surface area contributed by atoms with Crippen LogP contribution in [-0.2, 0) is 28.9 Å². The van der Waals surface area contributed by atoms with Gasteiger partial charge in [0.15, 0.2) is 0 Å². The van der Waals surface area contributed by atoms with E-state index in [-0.39, 0.29) is 18.2 Å². The van der Waals surface area contributed by atoms with E-state index in [2.05, 4.69) is 60.4 Å². The van der Waals surface area contributed by atoms with Gasteiger partial charge in [-0.05, 0) is 126 Å². The van der Waals surface area contributed by atoms with Crippen LogP contribution in [0.1, 0.15) is 95.9 Å². The summed E-state index contributed by atoms with van der Waals surface area (Å²) in [7, 11) is 1.72. The molecule has 8 heteroatoms. The number of ether oxygens (including phenoxy) is 4. The number of carbonyl (C=O) groups is 2. The summed E-state index contributed by atoms with van der Waals surface area (Å²) < 4.78 is 23.2. The molecule has 0 N–H and O–H groups in total. The molecule has 1 aliphatic carbocycles. The van der Waals surface area contributed by atoms with Gasteiger partial charge in [0.1, 0.15) is 29.0 Å². The monoisotopic (exact) mass is 670 g/mol. The number of carbonyl (C=O) groups excluding carboxylic acids is 2. The smallest absolute Gasteiger partial charge is 0.410 e. The molecule has 1 saturated heterocycles. The maximum atomic E-state index is 12.5. The van der Waals surface area contributed by atoms with Crippen molar-refractivity contribution in [3.05, 3.63) is 82.9 Å². The van der Waals surface area contributed by atoms with Gasteiger partial charge >= 0.3 is 12.1 Å². The number of aryl methyl sites for hydroxylation is 1. The zero-order valence-electron chi connectivity index (χ0n) is 30.6. The second-order valence-corrected chi connectivity index (χ2v) is 15.4. The lowest BCUT2D eigenvalue weighted by molar-refractivity contribution is -0.143. The maximum absolute atomic E-state index is 12.5. The number of rotatable bonds is 9. The minimum absolute atomic E-state index is 0.0711. The average Bonchev–Trinajstić information content (AvgIpc) is 3.06. The molecule has 1 heterocycles. The van der Waals surface area contributed by atoms with E-state index >= 15 is 0 Å². The van der Waals surface area contributed by atoms with E-state index in [0.29, 0.717) is 24.8 Å². The minimum atomic E-state index is -0.545. The van der Waals surface area contributed by atoms with Crippen LogP contribution in [0.15, 0.2) is 60.7 Å². The molecule has 3 aromatic rings. The molecule has 1 aliphatic heterocycles. The molecule has 0 aromatic heterocycles. The number of fused-ring (bicyclic) bond motifs is 1. The van der Waals surface area contributed by atoms with Crippen LogP contribution in [0, 0.1) is 5.41 Å². The molecule has 1 fully saturated rings. The first kappa shape index (κ1) is 36.1. The summed E-state index contributed by atoms with van der Waals surface area (Å²) in [6.45, 7) is 16.4. The van der Waals surface area contributed by atoms with Crippen molar-refractivity contribution in [2.75, 3.05) is 31.6 Å². The van der Waals surface area contributed by atoms with E-state index in [4.69, 9.17) is 18.9 Å². The molecule has 0 unspecified atom stereocenters. The molecule has 0 spiro atoms. The molecule has 5 rings (SSSR count). The summed E-state index contributed by atoms with van der Waals surface area (Å²) in [4.78, 5) is 29.1. The van der Waals surface area contributed by atoms with Gasteiger partial charge in [0.2, 0.25) is 0 Å². The van der Waals surface area contributed by atoms with Gasteiger partial charge in [-0.1, -0.05) is 24.3 Å².